The molecule has 1 amide bonds. The van der Waals surface area contributed by atoms with Gasteiger partial charge in [0, 0.05) is 29.7 Å². The summed E-state index contributed by atoms with van der Waals surface area (Å²) in [5.41, 5.74) is 11.1. The smallest absolute Gasteiger partial charge is 0.267 e. The number of rotatable bonds is 4. The topological polar surface area (TPSA) is 108 Å². The fraction of sp³-hybridized carbons (Fsp3) is 0.143. The normalized spacial score (nSPS) is 10.2. The van der Waals surface area contributed by atoms with Gasteiger partial charge in [0.1, 0.15) is 11.8 Å². The van der Waals surface area contributed by atoms with Gasteiger partial charge < -0.3 is 10.3 Å². The van der Waals surface area contributed by atoms with Gasteiger partial charge in [0.05, 0.1) is 17.2 Å². The number of carbonyl (C=O) groups is 1. The Balaban J connectivity index is 2.04. The first-order chi connectivity index (χ1) is 13.0. The molecule has 2 aromatic heterocycles. The highest BCUT2D eigenvalue weighted by molar-refractivity contribution is 5.90. The summed E-state index contributed by atoms with van der Waals surface area (Å²) in [5.74, 6) is -0.565. The molecule has 0 aliphatic heterocycles. The molecule has 3 aromatic rings. The van der Waals surface area contributed by atoms with Crippen molar-refractivity contribution in [2.24, 2.45) is 5.73 Å². The van der Waals surface area contributed by atoms with Crippen molar-refractivity contribution in [1.29, 1.82) is 10.5 Å². The number of amides is 1. The fourth-order valence-corrected chi connectivity index (χ4v) is 3.17. The van der Waals surface area contributed by atoms with Crippen LogP contribution in [0.5, 0.6) is 0 Å². The molecule has 0 radical (unpaired) electrons. The number of pyridine rings is 1. The first-order valence-corrected chi connectivity index (χ1v) is 8.31. The van der Waals surface area contributed by atoms with Gasteiger partial charge in [0.25, 0.3) is 5.91 Å². The van der Waals surface area contributed by atoms with Crippen LogP contribution in [0.1, 0.15) is 38.6 Å². The number of carbonyl (C=O) groups excluding carboxylic acids is 1. The predicted octanol–water partition coefficient (Wildman–Crippen LogP) is 3.06. The molecule has 27 heavy (non-hydrogen) atoms. The van der Waals surface area contributed by atoms with Crippen LogP contribution in [0.15, 0.2) is 42.6 Å². The number of nitrogens with zero attached hydrogens (tertiary/aromatic N) is 4. The number of hydrogen-bond donors (Lipinski definition) is 1. The zero-order chi connectivity index (χ0) is 19.6. The summed E-state index contributed by atoms with van der Waals surface area (Å²) < 4.78 is 2.05. The lowest BCUT2D eigenvalue weighted by Gasteiger charge is -2.10. The van der Waals surface area contributed by atoms with Gasteiger partial charge in [-0.2, -0.15) is 10.5 Å². The summed E-state index contributed by atoms with van der Waals surface area (Å²) in [4.78, 5) is 15.2. The highest BCUT2D eigenvalue weighted by Crippen LogP contribution is 2.32. The zero-order valence-electron chi connectivity index (χ0n) is 15.0. The molecule has 0 saturated carbocycles. The third-order valence-electron chi connectivity index (χ3n) is 4.62. The minimum Gasteiger partial charge on any atom is -0.364 e. The molecule has 1 aromatic carbocycles. The average molecular weight is 355 g/mol. The Labute approximate surface area is 157 Å². The van der Waals surface area contributed by atoms with Gasteiger partial charge in [0.15, 0.2) is 0 Å². The van der Waals surface area contributed by atoms with Crippen LogP contribution >= 0.6 is 0 Å². The lowest BCUT2D eigenvalue weighted by molar-refractivity contribution is 0.0995. The molecule has 132 valence electrons. The van der Waals surface area contributed by atoms with E-state index in [4.69, 9.17) is 11.0 Å². The molecule has 6 heteroatoms. The highest BCUT2D eigenvalue weighted by Gasteiger charge is 2.19. The van der Waals surface area contributed by atoms with E-state index in [2.05, 4.69) is 17.1 Å². The second kappa shape index (κ2) is 7.15. The molecule has 0 spiro atoms. The van der Waals surface area contributed by atoms with Crippen LogP contribution in [-0.2, 0) is 6.54 Å². The minimum atomic E-state index is -0.565. The number of aromatic nitrogens is 2. The third-order valence-corrected chi connectivity index (χ3v) is 4.62. The molecule has 2 heterocycles. The molecule has 0 aliphatic rings. The summed E-state index contributed by atoms with van der Waals surface area (Å²) in [6.45, 7) is 4.39. The number of hydrogen-bond acceptors (Lipinski definition) is 4. The minimum absolute atomic E-state index is 0.218. The maximum Gasteiger partial charge on any atom is 0.267 e. The zero-order valence-corrected chi connectivity index (χ0v) is 15.0. The number of nitrogens with two attached hydrogens (primary N) is 1. The summed E-state index contributed by atoms with van der Waals surface area (Å²) in [6, 6.07) is 15.0. The van der Waals surface area contributed by atoms with Crippen molar-refractivity contribution >= 4 is 5.91 Å². The maximum absolute atomic E-state index is 11.2. The Kier molecular flexibility index (Phi) is 4.74. The van der Waals surface area contributed by atoms with Gasteiger partial charge >= 0.3 is 0 Å². The SMILES string of the molecule is Cc1c(C#N)c(-c2ccc(C#N)cc2)c(C)n1Cc1ccc(C(N)=O)nc1. The Morgan fingerprint density at radius 1 is 1.07 bits per heavy atom. The molecule has 0 bridgehead atoms. The molecule has 0 saturated heterocycles. The second-order valence-corrected chi connectivity index (χ2v) is 6.22. The van der Waals surface area contributed by atoms with E-state index >= 15 is 0 Å². The average Bonchev–Trinajstić information content (AvgIpc) is 2.92. The number of primary amides is 1. The lowest BCUT2D eigenvalue weighted by atomic mass is 10.0. The van der Waals surface area contributed by atoms with E-state index < -0.39 is 5.91 Å². The predicted molar refractivity (Wildman–Crippen MR) is 101 cm³/mol. The summed E-state index contributed by atoms with van der Waals surface area (Å²) in [6.07, 6.45) is 1.62. The van der Waals surface area contributed by atoms with Crippen LogP contribution in [0.25, 0.3) is 11.1 Å². The van der Waals surface area contributed by atoms with Crippen molar-refractivity contribution < 1.29 is 4.79 Å². The molecule has 2 N–H and O–H groups in total. The van der Waals surface area contributed by atoms with E-state index in [1.165, 1.54) is 0 Å². The molecule has 0 unspecified atom stereocenters. The number of nitriles is 2. The van der Waals surface area contributed by atoms with Gasteiger partial charge in [-0.25, -0.2) is 0 Å². The Hall–Kier alpha value is -3.90. The van der Waals surface area contributed by atoms with Gasteiger partial charge in [0.2, 0.25) is 0 Å². The number of benzene rings is 1. The lowest BCUT2D eigenvalue weighted by Crippen LogP contribution is -2.13. The molecule has 0 atom stereocenters. The van der Waals surface area contributed by atoms with E-state index in [0.717, 1.165) is 28.1 Å². The fourth-order valence-electron chi connectivity index (χ4n) is 3.17. The summed E-state index contributed by atoms with van der Waals surface area (Å²) in [5, 5.41) is 18.7. The first kappa shape index (κ1) is 17.9. The van der Waals surface area contributed by atoms with E-state index in [0.29, 0.717) is 17.7 Å². The molecule has 0 aliphatic carbocycles. The van der Waals surface area contributed by atoms with Gasteiger partial charge in [-0.15, -0.1) is 0 Å². The Morgan fingerprint density at radius 3 is 2.30 bits per heavy atom. The van der Waals surface area contributed by atoms with Crippen molar-refractivity contribution in [1.82, 2.24) is 9.55 Å². The molecular formula is C21H17N5O. The molecule has 3 rings (SSSR count). The van der Waals surface area contributed by atoms with Crippen LogP contribution in [-0.4, -0.2) is 15.5 Å². The molecular weight excluding hydrogens is 338 g/mol. The van der Waals surface area contributed by atoms with E-state index in [-0.39, 0.29) is 5.69 Å². The molecule has 6 nitrogen and oxygen atoms in total. The van der Waals surface area contributed by atoms with Gasteiger partial charge in [-0.3, -0.25) is 9.78 Å². The quantitative estimate of drug-likeness (QED) is 0.775. The maximum atomic E-state index is 11.2. The van der Waals surface area contributed by atoms with Gasteiger partial charge in [-0.1, -0.05) is 18.2 Å². The largest absolute Gasteiger partial charge is 0.364 e. The van der Waals surface area contributed by atoms with Crippen molar-refractivity contribution in [2.45, 2.75) is 20.4 Å². The van der Waals surface area contributed by atoms with Crippen molar-refractivity contribution in [3.8, 4) is 23.3 Å². The van der Waals surface area contributed by atoms with E-state index in [1.807, 2.05) is 30.5 Å². The van der Waals surface area contributed by atoms with Crippen molar-refractivity contribution in [3.05, 3.63) is 76.4 Å². The second-order valence-electron chi connectivity index (χ2n) is 6.22. The van der Waals surface area contributed by atoms with Crippen molar-refractivity contribution in [2.75, 3.05) is 0 Å². The Morgan fingerprint density at radius 2 is 1.78 bits per heavy atom. The Bertz CT molecular complexity index is 1090. The van der Waals surface area contributed by atoms with Gasteiger partial charge in [-0.05, 0) is 43.2 Å². The first-order valence-electron chi connectivity index (χ1n) is 8.31. The monoisotopic (exact) mass is 355 g/mol. The standard InChI is InChI=1S/C21H17N5O/c1-13-18(10-23)20(17-6-3-15(9-22)4-7-17)14(2)26(13)12-16-5-8-19(21(24)27)25-11-16/h3-8,11H,12H2,1-2H3,(H2,24,27). The van der Waals surface area contributed by atoms with Crippen LogP contribution in [0.2, 0.25) is 0 Å². The highest BCUT2D eigenvalue weighted by atomic mass is 16.1. The van der Waals surface area contributed by atoms with Crippen molar-refractivity contribution in [3.63, 3.8) is 0 Å². The van der Waals surface area contributed by atoms with Crippen LogP contribution in [0.4, 0.5) is 0 Å². The van der Waals surface area contributed by atoms with Crippen LogP contribution in [0, 0.1) is 36.5 Å². The molecule has 0 fully saturated rings. The van der Waals surface area contributed by atoms with E-state index in [1.54, 1.807) is 30.5 Å². The third kappa shape index (κ3) is 3.29. The summed E-state index contributed by atoms with van der Waals surface area (Å²) in [7, 11) is 0. The van der Waals surface area contributed by atoms with E-state index in [9.17, 15) is 10.1 Å². The summed E-state index contributed by atoms with van der Waals surface area (Å²) >= 11 is 0. The van der Waals surface area contributed by atoms with Crippen LogP contribution < -0.4 is 5.73 Å². The van der Waals surface area contributed by atoms with Crippen LogP contribution in [0.3, 0.4) is 0 Å².